The Morgan fingerprint density at radius 1 is 1.28 bits per heavy atom. The molecule has 1 unspecified atom stereocenters. The molecule has 1 aliphatic heterocycles. The molecule has 0 aromatic heterocycles. The van der Waals surface area contributed by atoms with Crippen LogP contribution in [0.5, 0.6) is 5.75 Å². The normalized spacial score (nSPS) is 20.1. The van der Waals surface area contributed by atoms with Crippen LogP contribution in [0.3, 0.4) is 0 Å². The Balaban J connectivity index is 0.00000162. The van der Waals surface area contributed by atoms with Gasteiger partial charge in [-0.15, -0.1) is 5.46 Å². The molecule has 1 atom stereocenters. The van der Waals surface area contributed by atoms with Gasteiger partial charge in [0.1, 0.15) is 11.9 Å². The third-order valence-corrected chi connectivity index (χ3v) is 2.66. The van der Waals surface area contributed by atoms with Crippen LogP contribution < -0.4 is 61.6 Å². The zero-order valence-corrected chi connectivity index (χ0v) is 13.4. The molecular weight excluding hydrogens is 271 g/mol. The van der Waals surface area contributed by atoms with Crippen molar-refractivity contribution in [2.45, 2.75) is 18.9 Å². The summed E-state index contributed by atoms with van der Waals surface area (Å²) in [6, 6.07) is 5.02. The molecule has 2 rings (SSSR count). The number of hydrogen-bond donors (Lipinski definition) is 0. The molecule has 1 saturated heterocycles. The smallest absolute Gasteiger partial charge is 0.488 e. The van der Waals surface area contributed by atoms with Gasteiger partial charge in [-0.3, -0.25) is 0 Å². The van der Waals surface area contributed by atoms with E-state index in [1.807, 2.05) is 0 Å². The van der Waals surface area contributed by atoms with Crippen molar-refractivity contribution in [3.63, 3.8) is 0 Å². The third-order valence-electron chi connectivity index (χ3n) is 2.66. The van der Waals surface area contributed by atoms with E-state index in [2.05, 4.69) is 0 Å². The van der Waals surface area contributed by atoms with E-state index in [1.165, 1.54) is 6.07 Å². The summed E-state index contributed by atoms with van der Waals surface area (Å²) in [4.78, 5) is 0. The predicted molar refractivity (Wildman–Crippen MR) is 59.6 cm³/mol. The first-order chi connectivity index (χ1) is 8.05. The van der Waals surface area contributed by atoms with Gasteiger partial charge < -0.3 is 22.4 Å². The number of rotatable bonds is 3. The molecule has 0 radical (unpaired) electrons. The Hall–Kier alpha value is 0.471. The van der Waals surface area contributed by atoms with Crippen LogP contribution in [-0.4, -0.2) is 26.3 Å². The van der Waals surface area contributed by atoms with Gasteiger partial charge in [-0.2, -0.15) is 0 Å². The van der Waals surface area contributed by atoms with Crippen molar-refractivity contribution in [2.24, 2.45) is 0 Å². The van der Waals surface area contributed by atoms with E-state index < -0.39 is 12.4 Å². The maximum atomic E-state index is 12.5. The summed E-state index contributed by atoms with van der Waals surface area (Å²) < 4.78 is 48.3. The topological polar surface area (TPSA) is 18.5 Å². The molecular formula is C11H13BF3KO2. The fraction of sp³-hybridized carbons (Fsp3) is 0.455. The zero-order valence-electron chi connectivity index (χ0n) is 10.2. The largest absolute Gasteiger partial charge is 1.00 e. The fourth-order valence-corrected chi connectivity index (χ4v) is 1.79. The van der Waals surface area contributed by atoms with Crippen LogP contribution in [0.25, 0.3) is 0 Å². The second-order valence-corrected chi connectivity index (χ2v) is 4.10. The van der Waals surface area contributed by atoms with Crippen LogP contribution in [0, 0.1) is 0 Å². The average molecular weight is 284 g/mol. The second-order valence-electron chi connectivity index (χ2n) is 4.10. The van der Waals surface area contributed by atoms with Crippen LogP contribution in [0.2, 0.25) is 0 Å². The van der Waals surface area contributed by atoms with E-state index in [0.29, 0.717) is 13.2 Å². The first-order valence-electron chi connectivity index (χ1n) is 5.60. The Morgan fingerprint density at radius 2 is 2.06 bits per heavy atom. The van der Waals surface area contributed by atoms with Gasteiger partial charge in [-0.25, -0.2) is 0 Å². The zero-order chi connectivity index (χ0) is 12.3. The van der Waals surface area contributed by atoms with Gasteiger partial charge in [-0.05, 0) is 25.0 Å². The van der Waals surface area contributed by atoms with Gasteiger partial charge in [0, 0.05) is 6.61 Å². The molecule has 0 N–H and O–H groups in total. The molecule has 0 amide bonds. The summed E-state index contributed by atoms with van der Waals surface area (Å²) in [5.74, 6) is 0.261. The van der Waals surface area contributed by atoms with E-state index in [-0.39, 0.29) is 63.2 Å². The van der Waals surface area contributed by atoms with E-state index in [1.54, 1.807) is 6.07 Å². The summed E-state index contributed by atoms with van der Waals surface area (Å²) in [5, 5.41) is 0. The van der Waals surface area contributed by atoms with E-state index in [9.17, 15) is 12.9 Å². The van der Waals surface area contributed by atoms with Crippen LogP contribution in [0.15, 0.2) is 24.3 Å². The SMILES string of the molecule is F[B-](F)(F)c1cccc(OC2CCCOC2)c1.[K+]. The monoisotopic (exact) mass is 284 g/mol. The van der Waals surface area contributed by atoms with Crippen molar-refractivity contribution in [1.82, 2.24) is 0 Å². The van der Waals surface area contributed by atoms with Crippen molar-refractivity contribution >= 4 is 12.4 Å². The van der Waals surface area contributed by atoms with Crippen LogP contribution in [0.1, 0.15) is 12.8 Å². The molecule has 2 nitrogen and oxygen atoms in total. The van der Waals surface area contributed by atoms with Gasteiger partial charge in [0.2, 0.25) is 0 Å². The minimum absolute atomic E-state index is 0. The van der Waals surface area contributed by atoms with Gasteiger partial charge in [0.05, 0.1) is 6.61 Å². The average Bonchev–Trinajstić information content (AvgIpc) is 2.29. The van der Waals surface area contributed by atoms with Gasteiger partial charge in [0.15, 0.2) is 0 Å². The third kappa shape index (κ3) is 4.86. The number of ether oxygens (including phenoxy) is 2. The van der Waals surface area contributed by atoms with E-state index in [4.69, 9.17) is 9.47 Å². The van der Waals surface area contributed by atoms with Crippen molar-refractivity contribution < 1.29 is 73.8 Å². The Kier molecular flexibility index (Phi) is 6.71. The predicted octanol–water partition coefficient (Wildman–Crippen LogP) is -0.697. The molecule has 0 bridgehead atoms. The molecule has 0 spiro atoms. The molecule has 1 aliphatic rings. The summed E-state index contributed by atoms with van der Waals surface area (Å²) in [6.07, 6.45) is 1.56. The van der Waals surface area contributed by atoms with Crippen LogP contribution >= 0.6 is 0 Å². The molecule has 18 heavy (non-hydrogen) atoms. The van der Waals surface area contributed by atoms with Gasteiger partial charge in [-0.1, -0.05) is 12.1 Å². The maximum Gasteiger partial charge on any atom is 1.00 e. The molecule has 1 aromatic carbocycles. The number of hydrogen-bond acceptors (Lipinski definition) is 2. The standard InChI is InChI=1S/C11H13BF3O2.K/c13-12(14,15)9-3-1-4-10(7-9)17-11-5-2-6-16-8-11;/h1,3-4,7,11H,2,5-6,8H2;/q-1;+1. The molecule has 94 valence electrons. The Labute approximate surface area is 147 Å². The van der Waals surface area contributed by atoms with Crippen molar-refractivity contribution in [3.8, 4) is 5.75 Å². The molecule has 1 heterocycles. The maximum absolute atomic E-state index is 12.5. The first kappa shape index (κ1) is 16.5. The summed E-state index contributed by atoms with van der Waals surface area (Å²) in [7, 11) is 0. The summed E-state index contributed by atoms with van der Waals surface area (Å²) >= 11 is 0. The summed E-state index contributed by atoms with van der Waals surface area (Å²) in [6.45, 7) is -3.82. The quantitative estimate of drug-likeness (QED) is 0.684. The minimum Gasteiger partial charge on any atom is -0.488 e. The fourth-order valence-electron chi connectivity index (χ4n) is 1.79. The van der Waals surface area contributed by atoms with Crippen LogP contribution in [-0.2, 0) is 4.74 Å². The molecule has 0 saturated carbocycles. The summed E-state index contributed by atoms with van der Waals surface area (Å²) in [5.41, 5.74) is -0.626. The molecule has 7 heteroatoms. The Bertz CT molecular complexity index is 381. The minimum atomic E-state index is -4.97. The van der Waals surface area contributed by atoms with Crippen molar-refractivity contribution in [1.29, 1.82) is 0 Å². The van der Waals surface area contributed by atoms with E-state index >= 15 is 0 Å². The van der Waals surface area contributed by atoms with Crippen molar-refractivity contribution in [3.05, 3.63) is 24.3 Å². The number of benzene rings is 1. The van der Waals surface area contributed by atoms with Crippen LogP contribution in [0.4, 0.5) is 12.9 Å². The number of halogens is 3. The molecule has 1 aromatic rings. The van der Waals surface area contributed by atoms with Crippen molar-refractivity contribution in [2.75, 3.05) is 13.2 Å². The Morgan fingerprint density at radius 3 is 2.67 bits per heavy atom. The second kappa shape index (κ2) is 7.31. The molecule has 1 fully saturated rings. The van der Waals surface area contributed by atoms with Gasteiger partial charge >= 0.3 is 58.4 Å². The first-order valence-corrected chi connectivity index (χ1v) is 5.60. The van der Waals surface area contributed by atoms with Gasteiger partial charge in [0.25, 0.3) is 0 Å². The molecule has 0 aliphatic carbocycles. The van der Waals surface area contributed by atoms with E-state index in [0.717, 1.165) is 25.0 Å².